The number of aromatic nitrogens is 1. The molecule has 3 nitrogen and oxygen atoms in total. The van der Waals surface area contributed by atoms with Crippen LogP contribution in [-0.4, -0.2) is 4.98 Å². The Hall–Kier alpha value is -1.10. The average molecular weight is 269 g/mol. The molecule has 2 rings (SSSR count). The van der Waals surface area contributed by atoms with Gasteiger partial charge in [0.25, 0.3) is 0 Å². The number of ether oxygens (including phenoxy) is 1. The number of hydrogen-bond acceptors (Lipinski definition) is 4. The van der Waals surface area contributed by atoms with E-state index in [1.54, 1.807) is 17.5 Å². The third kappa shape index (κ3) is 3.19. The van der Waals surface area contributed by atoms with E-state index in [1.807, 2.05) is 25.1 Å². The van der Waals surface area contributed by atoms with Gasteiger partial charge in [-0.1, -0.05) is 17.7 Å². The lowest BCUT2D eigenvalue weighted by Crippen LogP contribution is -1.95. The molecule has 2 N–H and O–H groups in total. The summed E-state index contributed by atoms with van der Waals surface area (Å²) in [5, 5.41) is 1.52. The third-order valence-electron chi connectivity index (χ3n) is 2.24. The molecule has 0 amide bonds. The fourth-order valence-electron chi connectivity index (χ4n) is 1.37. The normalized spacial score (nSPS) is 10.5. The van der Waals surface area contributed by atoms with E-state index in [0.29, 0.717) is 23.9 Å². The third-order valence-corrected chi connectivity index (χ3v) is 3.55. The molecular weight excluding hydrogens is 256 g/mol. The second-order valence-corrected chi connectivity index (χ2v) is 5.25. The summed E-state index contributed by atoms with van der Waals surface area (Å²) in [6, 6.07) is 5.70. The van der Waals surface area contributed by atoms with Crippen molar-refractivity contribution in [3.63, 3.8) is 0 Å². The standard InChI is InChI=1S/C12H13ClN2OS/c1-8-2-3-10(13)11(4-8)16-7-12-15-6-9(5-14)17-12/h2-4,6H,5,7,14H2,1H3. The van der Waals surface area contributed by atoms with E-state index < -0.39 is 0 Å². The number of nitrogens with zero attached hydrogens (tertiary/aromatic N) is 1. The number of hydrogen-bond donors (Lipinski definition) is 1. The Morgan fingerprint density at radius 2 is 2.29 bits per heavy atom. The first-order chi connectivity index (χ1) is 8.19. The minimum Gasteiger partial charge on any atom is -0.485 e. The van der Waals surface area contributed by atoms with Crippen molar-refractivity contribution in [1.82, 2.24) is 4.98 Å². The Bertz CT molecular complexity index is 513. The topological polar surface area (TPSA) is 48.1 Å². The first-order valence-corrected chi connectivity index (χ1v) is 6.41. The molecule has 5 heteroatoms. The molecule has 1 aromatic carbocycles. The van der Waals surface area contributed by atoms with Gasteiger partial charge in [0.15, 0.2) is 0 Å². The number of halogens is 1. The molecule has 0 aliphatic carbocycles. The van der Waals surface area contributed by atoms with Crippen LogP contribution in [0.5, 0.6) is 5.75 Å². The van der Waals surface area contributed by atoms with Crippen molar-refractivity contribution in [3.05, 3.63) is 44.9 Å². The number of thiazole rings is 1. The van der Waals surface area contributed by atoms with Crippen LogP contribution in [-0.2, 0) is 13.2 Å². The predicted molar refractivity (Wildman–Crippen MR) is 70.5 cm³/mol. The molecule has 1 heterocycles. The van der Waals surface area contributed by atoms with Crippen LogP contribution < -0.4 is 10.5 Å². The molecule has 90 valence electrons. The first kappa shape index (κ1) is 12.4. The van der Waals surface area contributed by atoms with Gasteiger partial charge in [0.05, 0.1) is 5.02 Å². The highest BCUT2D eigenvalue weighted by Crippen LogP contribution is 2.26. The molecule has 0 radical (unpaired) electrons. The van der Waals surface area contributed by atoms with Crippen molar-refractivity contribution in [2.24, 2.45) is 5.73 Å². The minimum absolute atomic E-state index is 0.424. The highest BCUT2D eigenvalue weighted by Gasteiger charge is 2.05. The van der Waals surface area contributed by atoms with Gasteiger partial charge < -0.3 is 10.5 Å². The molecule has 1 aromatic heterocycles. The van der Waals surface area contributed by atoms with Crippen molar-refractivity contribution in [2.75, 3.05) is 0 Å². The maximum atomic E-state index is 6.03. The van der Waals surface area contributed by atoms with Crippen LogP contribution in [0.3, 0.4) is 0 Å². The van der Waals surface area contributed by atoms with Gasteiger partial charge >= 0.3 is 0 Å². The SMILES string of the molecule is Cc1ccc(Cl)c(OCc2ncc(CN)s2)c1. The second kappa shape index (κ2) is 5.49. The summed E-state index contributed by atoms with van der Waals surface area (Å²) < 4.78 is 5.64. The number of nitrogens with two attached hydrogens (primary N) is 1. The predicted octanol–water partition coefficient (Wildman–Crippen LogP) is 3.14. The van der Waals surface area contributed by atoms with Gasteiger partial charge in [-0.3, -0.25) is 0 Å². The van der Waals surface area contributed by atoms with Crippen LogP contribution in [0.4, 0.5) is 0 Å². The van der Waals surface area contributed by atoms with Crippen molar-refractivity contribution in [1.29, 1.82) is 0 Å². The van der Waals surface area contributed by atoms with Gasteiger partial charge in [-0.05, 0) is 24.6 Å². The van der Waals surface area contributed by atoms with Gasteiger partial charge in [-0.2, -0.15) is 0 Å². The van der Waals surface area contributed by atoms with Crippen LogP contribution in [0.15, 0.2) is 24.4 Å². The molecular formula is C12H13ClN2OS. The zero-order chi connectivity index (χ0) is 12.3. The molecule has 0 saturated carbocycles. The molecule has 0 fully saturated rings. The Labute approximate surface area is 109 Å². The molecule has 0 aliphatic rings. The Morgan fingerprint density at radius 1 is 1.47 bits per heavy atom. The summed E-state index contributed by atoms with van der Waals surface area (Å²) in [6.45, 7) is 2.94. The lowest BCUT2D eigenvalue weighted by Gasteiger charge is -2.06. The van der Waals surface area contributed by atoms with Gasteiger partial charge in [-0.25, -0.2) is 4.98 Å². The fourth-order valence-corrected chi connectivity index (χ4v) is 2.26. The van der Waals surface area contributed by atoms with E-state index in [0.717, 1.165) is 15.4 Å². The molecule has 0 saturated heterocycles. The van der Waals surface area contributed by atoms with E-state index in [9.17, 15) is 0 Å². The number of rotatable bonds is 4. The lowest BCUT2D eigenvalue weighted by molar-refractivity contribution is 0.305. The van der Waals surface area contributed by atoms with Crippen molar-refractivity contribution >= 4 is 22.9 Å². The quantitative estimate of drug-likeness (QED) is 0.927. The summed E-state index contributed by atoms with van der Waals surface area (Å²) in [4.78, 5) is 5.28. The van der Waals surface area contributed by atoms with Gasteiger partial charge in [-0.15, -0.1) is 11.3 Å². The van der Waals surface area contributed by atoms with E-state index in [1.165, 1.54) is 0 Å². The van der Waals surface area contributed by atoms with E-state index >= 15 is 0 Å². The Kier molecular flexibility index (Phi) is 3.99. The molecule has 0 spiro atoms. The summed E-state index contributed by atoms with van der Waals surface area (Å²) in [6.07, 6.45) is 1.78. The zero-order valence-corrected chi connectivity index (χ0v) is 11.0. The smallest absolute Gasteiger partial charge is 0.140 e. The van der Waals surface area contributed by atoms with Crippen molar-refractivity contribution in [2.45, 2.75) is 20.1 Å². The number of aryl methyl sites for hydroxylation is 1. The van der Waals surface area contributed by atoms with Crippen LogP contribution in [0.1, 0.15) is 15.4 Å². The molecule has 0 atom stereocenters. The Morgan fingerprint density at radius 3 is 3.00 bits per heavy atom. The summed E-state index contributed by atoms with van der Waals surface area (Å²) in [7, 11) is 0. The lowest BCUT2D eigenvalue weighted by atomic mass is 10.2. The van der Waals surface area contributed by atoms with Gasteiger partial charge in [0.1, 0.15) is 17.4 Å². The highest BCUT2D eigenvalue weighted by molar-refractivity contribution is 7.11. The monoisotopic (exact) mass is 268 g/mol. The Balaban J connectivity index is 2.04. The first-order valence-electron chi connectivity index (χ1n) is 5.21. The molecule has 0 aliphatic heterocycles. The number of benzene rings is 1. The molecule has 0 bridgehead atoms. The minimum atomic E-state index is 0.424. The van der Waals surface area contributed by atoms with Crippen molar-refractivity contribution in [3.8, 4) is 5.75 Å². The van der Waals surface area contributed by atoms with Crippen LogP contribution >= 0.6 is 22.9 Å². The average Bonchev–Trinajstić information content (AvgIpc) is 2.78. The largest absolute Gasteiger partial charge is 0.485 e. The second-order valence-electron chi connectivity index (χ2n) is 3.65. The fraction of sp³-hybridized carbons (Fsp3) is 0.250. The van der Waals surface area contributed by atoms with Crippen LogP contribution in [0.2, 0.25) is 5.02 Å². The molecule has 2 aromatic rings. The maximum Gasteiger partial charge on any atom is 0.140 e. The molecule has 0 unspecified atom stereocenters. The van der Waals surface area contributed by atoms with Crippen molar-refractivity contribution < 1.29 is 4.74 Å². The van der Waals surface area contributed by atoms with Crippen LogP contribution in [0, 0.1) is 6.92 Å². The van der Waals surface area contributed by atoms with E-state index in [-0.39, 0.29) is 0 Å². The van der Waals surface area contributed by atoms with Gasteiger partial charge in [0, 0.05) is 17.6 Å². The summed E-state index contributed by atoms with van der Waals surface area (Å²) in [5.74, 6) is 0.691. The van der Waals surface area contributed by atoms with Gasteiger partial charge in [0.2, 0.25) is 0 Å². The maximum absolute atomic E-state index is 6.03. The summed E-state index contributed by atoms with van der Waals surface area (Å²) >= 11 is 7.59. The zero-order valence-electron chi connectivity index (χ0n) is 9.44. The van der Waals surface area contributed by atoms with E-state index in [2.05, 4.69) is 4.98 Å². The molecule has 17 heavy (non-hydrogen) atoms. The highest BCUT2D eigenvalue weighted by atomic mass is 35.5. The van der Waals surface area contributed by atoms with Crippen LogP contribution in [0.25, 0.3) is 0 Å². The summed E-state index contributed by atoms with van der Waals surface area (Å²) in [5.41, 5.74) is 6.64. The van der Waals surface area contributed by atoms with E-state index in [4.69, 9.17) is 22.1 Å².